The standard InChI is InChI=1S/C18H23N3O2S/c1-11-6-14(20-23-11)8-21-5-4-13-7-16(22-17(13)9-21)18-19-15(10-24-18)12-2-3-12/h6,10,12-13,16-17H,2-5,7-9H2,1H3/t13-,16-,17+/m0/s1. The summed E-state index contributed by atoms with van der Waals surface area (Å²) in [7, 11) is 0. The van der Waals surface area contributed by atoms with Crippen molar-refractivity contribution in [2.24, 2.45) is 5.92 Å². The van der Waals surface area contributed by atoms with Gasteiger partial charge in [0.1, 0.15) is 16.9 Å². The van der Waals surface area contributed by atoms with Gasteiger partial charge in [-0.05, 0) is 45.1 Å². The number of hydrogen-bond acceptors (Lipinski definition) is 6. The first kappa shape index (κ1) is 15.0. The summed E-state index contributed by atoms with van der Waals surface area (Å²) in [5.41, 5.74) is 2.32. The molecule has 1 saturated carbocycles. The van der Waals surface area contributed by atoms with Gasteiger partial charge in [0.05, 0.1) is 17.5 Å². The predicted octanol–water partition coefficient (Wildman–Crippen LogP) is 3.67. The van der Waals surface area contributed by atoms with Crippen LogP contribution < -0.4 is 0 Å². The van der Waals surface area contributed by atoms with E-state index < -0.39 is 0 Å². The number of aryl methyl sites for hydroxylation is 1. The van der Waals surface area contributed by atoms with Crippen molar-refractivity contribution in [3.05, 3.63) is 33.6 Å². The first-order chi connectivity index (χ1) is 11.7. The van der Waals surface area contributed by atoms with E-state index in [-0.39, 0.29) is 6.10 Å². The Kier molecular flexibility index (Phi) is 3.72. The Bertz CT molecular complexity index is 723. The average molecular weight is 345 g/mol. The maximum atomic E-state index is 6.40. The number of piperidine rings is 1. The highest BCUT2D eigenvalue weighted by Crippen LogP contribution is 2.45. The quantitative estimate of drug-likeness (QED) is 0.846. The minimum Gasteiger partial charge on any atom is -0.366 e. The molecule has 2 aromatic heterocycles. The molecule has 1 aliphatic carbocycles. The highest BCUT2D eigenvalue weighted by atomic mass is 32.1. The van der Waals surface area contributed by atoms with Gasteiger partial charge < -0.3 is 9.26 Å². The van der Waals surface area contributed by atoms with Gasteiger partial charge in [0, 0.05) is 30.5 Å². The van der Waals surface area contributed by atoms with Gasteiger partial charge in [-0.25, -0.2) is 4.98 Å². The molecule has 3 aliphatic rings. The Morgan fingerprint density at radius 3 is 3.04 bits per heavy atom. The second-order valence-corrected chi connectivity index (χ2v) is 8.39. The second-order valence-electron chi connectivity index (χ2n) is 7.50. The van der Waals surface area contributed by atoms with Gasteiger partial charge in [-0.1, -0.05) is 5.16 Å². The average Bonchev–Trinajstić information content (AvgIpc) is 2.98. The Morgan fingerprint density at radius 1 is 1.33 bits per heavy atom. The Hall–Kier alpha value is -1.24. The molecule has 24 heavy (non-hydrogen) atoms. The van der Waals surface area contributed by atoms with Gasteiger partial charge in [0.25, 0.3) is 0 Å². The first-order valence-corrected chi connectivity index (χ1v) is 9.88. The van der Waals surface area contributed by atoms with Gasteiger partial charge >= 0.3 is 0 Å². The van der Waals surface area contributed by atoms with Crippen molar-refractivity contribution in [2.45, 2.75) is 57.3 Å². The molecule has 5 nitrogen and oxygen atoms in total. The molecule has 0 bridgehead atoms. The van der Waals surface area contributed by atoms with E-state index in [2.05, 4.69) is 15.4 Å². The lowest BCUT2D eigenvalue weighted by Gasteiger charge is -2.33. The molecule has 4 heterocycles. The number of hydrogen-bond donors (Lipinski definition) is 0. The lowest BCUT2D eigenvalue weighted by Crippen LogP contribution is -2.41. The number of rotatable bonds is 4. The molecule has 2 saturated heterocycles. The maximum Gasteiger partial charge on any atom is 0.133 e. The summed E-state index contributed by atoms with van der Waals surface area (Å²) in [6.07, 6.45) is 5.53. The van der Waals surface area contributed by atoms with E-state index >= 15 is 0 Å². The van der Waals surface area contributed by atoms with Crippen molar-refractivity contribution < 1.29 is 9.26 Å². The van der Waals surface area contributed by atoms with Crippen LogP contribution in [0.5, 0.6) is 0 Å². The SMILES string of the molecule is Cc1cc(CN2CC[C@H]3C[C@@H](c4nc(C5CC5)cs4)O[C@@H]3C2)no1. The molecule has 0 spiro atoms. The van der Waals surface area contributed by atoms with Crippen molar-refractivity contribution in [3.63, 3.8) is 0 Å². The highest BCUT2D eigenvalue weighted by Gasteiger charge is 2.41. The Labute approximate surface area is 146 Å². The van der Waals surface area contributed by atoms with Crippen LogP contribution in [0.25, 0.3) is 0 Å². The topological polar surface area (TPSA) is 51.4 Å². The molecule has 5 rings (SSSR count). The van der Waals surface area contributed by atoms with Crippen LogP contribution in [-0.2, 0) is 11.3 Å². The van der Waals surface area contributed by atoms with Gasteiger partial charge in [0.15, 0.2) is 0 Å². The van der Waals surface area contributed by atoms with Gasteiger partial charge in [-0.3, -0.25) is 4.90 Å². The molecule has 2 aromatic rings. The first-order valence-electron chi connectivity index (χ1n) is 9.00. The van der Waals surface area contributed by atoms with E-state index in [9.17, 15) is 0 Å². The number of fused-ring (bicyclic) bond motifs is 1. The number of ether oxygens (including phenoxy) is 1. The molecule has 128 valence electrons. The molecule has 0 amide bonds. The minimum atomic E-state index is 0.215. The van der Waals surface area contributed by atoms with Crippen LogP contribution in [-0.4, -0.2) is 34.2 Å². The van der Waals surface area contributed by atoms with Gasteiger partial charge in [-0.15, -0.1) is 11.3 Å². The fourth-order valence-corrected chi connectivity index (χ4v) is 4.98. The van der Waals surface area contributed by atoms with E-state index in [0.717, 1.165) is 43.4 Å². The predicted molar refractivity (Wildman–Crippen MR) is 90.9 cm³/mol. The van der Waals surface area contributed by atoms with E-state index in [0.29, 0.717) is 12.0 Å². The number of thiazole rings is 1. The molecule has 0 unspecified atom stereocenters. The Balaban J connectivity index is 1.22. The van der Waals surface area contributed by atoms with Crippen LogP contribution in [0.1, 0.15) is 59.9 Å². The fourth-order valence-electron chi connectivity index (χ4n) is 4.03. The Morgan fingerprint density at radius 2 is 2.25 bits per heavy atom. The van der Waals surface area contributed by atoms with Crippen molar-refractivity contribution in [1.82, 2.24) is 15.0 Å². The number of likely N-dealkylation sites (tertiary alicyclic amines) is 1. The van der Waals surface area contributed by atoms with E-state index in [1.165, 1.54) is 30.0 Å². The third-order valence-electron chi connectivity index (χ3n) is 5.51. The second kappa shape index (κ2) is 5.93. The zero-order valence-corrected chi connectivity index (χ0v) is 14.8. The largest absolute Gasteiger partial charge is 0.366 e. The molecule has 2 aliphatic heterocycles. The zero-order chi connectivity index (χ0) is 16.1. The van der Waals surface area contributed by atoms with Gasteiger partial charge in [0.2, 0.25) is 0 Å². The monoisotopic (exact) mass is 345 g/mol. The van der Waals surface area contributed by atoms with E-state index in [1.54, 1.807) is 11.3 Å². The summed E-state index contributed by atoms with van der Waals surface area (Å²) in [5, 5.41) is 7.56. The summed E-state index contributed by atoms with van der Waals surface area (Å²) >= 11 is 1.79. The van der Waals surface area contributed by atoms with Gasteiger partial charge in [-0.2, -0.15) is 0 Å². The molecular weight excluding hydrogens is 322 g/mol. The summed E-state index contributed by atoms with van der Waals surface area (Å²) in [5.74, 6) is 2.30. The van der Waals surface area contributed by atoms with Crippen LogP contribution in [0.15, 0.2) is 16.0 Å². The molecule has 6 heteroatoms. The summed E-state index contributed by atoms with van der Waals surface area (Å²) in [4.78, 5) is 7.30. The molecule has 3 atom stereocenters. The lowest BCUT2D eigenvalue weighted by molar-refractivity contribution is -0.00987. The zero-order valence-electron chi connectivity index (χ0n) is 14.0. The van der Waals surface area contributed by atoms with Crippen LogP contribution in [0.3, 0.4) is 0 Å². The third kappa shape index (κ3) is 2.91. The number of aromatic nitrogens is 2. The van der Waals surface area contributed by atoms with Crippen molar-refractivity contribution in [2.75, 3.05) is 13.1 Å². The molecule has 0 radical (unpaired) electrons. The molecule has 3 fully saturated rings. The van der Waals surface area contributed by atoms with E-state index in [4.69, 9.17) is 14.2 Å². The molecule has 0 N–H and O–H groups in total. The molecule has 0 aromatic carbocycles. The van der Waals surface area contributed by atoms with Crippen LogP contribution in [0.4, 0.5) is 0 Å². The van der Waals surface area contributed by atoms with Crippen molar-refractivity contribution in [3.8, 4) is 0 Å². The lowest BCUT2D eigenvalue weighted by atomic mass is 9.92. The smallest absolute Gasteiger partial charge is 0.133 e. The van der Waals surface area contributed by atoms with Crippen LogP contribution in [0.2, 0.25) is 0 Å². The molecular formula is C18H23N3O2S. The van der Waals surface area contributed by atoms with E-state index in [1.807, 2.05) is 13.0 Å². The summed E-state index contributed by atoms with van der Waals surface area (Å²) < 4.78 is 11.6. The fraction of sp³-hybridized carbons (Fsp3) is 0.667. The third-order valence-corrected chi connectivity index (χ3v) is 6.46. The summed E-state index contributed by atoms with van der Waals surface area (Å²) in [6.45, 7) is 4.91. The maximum absolute atomic E-state index is 6.40. The number of nitrogens with zero attached hydrogens (tertiary/aromatic N) is 3. The summed E-state index contributed by atoms with van der Waals surface area (Å²) in [6, 6.07) is 2.03. The highest BCUT2D eigenvalue weighted by molar-refractivity contribution is 7.09. The minimum absolute atomic E-state index is 0.215. The normalized spacial score (nSPS) is 30.6. The van der Waals surface area contributed by atoms with Crippen molar-refractivity contribution >= 4 is 11.3 Å². The van der Waals surface area contributed by atoms with Crippen LogP contribution >= 0.6 is 11.3 Å². The van der Waals surface area contributed by atoms with Crippen molar-refractivity contribution in [1.29, 1.82) is 0 Å². The van der Waals surface area contributed by atoms with Crippen LogP contribution in [0, 0.1) is 12.8 Å².